The van der Waals surface area contributed by atoms with Crippen molar-refractivity contribution in [3.63, 3.8) is 0 Å². The first kappa shape index (κ1) is 25.4. The first-order valence-electron chi connectivity index (χ1n) is 13.8. The quantitative estimate of drug-likeness (QED) is 0.202. The van der Waals surface area contributed by atoms with Gasteiger partial charge in [0.15, 0.2) is 0 Å². The van der Waals surface area contributed by atoms with Crippen molar-refractivity contribution in [1.29, 1.82) is 0 Å². The zero-order valence-corrected chi connectivity index (χ0v) is 23.1. The van der Waals surface area contributed by atoms with Crippen molar-refractivity contribution in [2.24, 2.45) is 0 Å². The van der Waals surface area contributed by atoms with Gasteiger partial charge >= 0.3 is 0 Å². The summed E-state index contributed by atoms with van der Waals surface area (Å²) >= 11 is 0. The summed E-state index contributed by atoms with van der Waals surface area (Å²) in [5, 5.41) is 20.5. The van der Waals surface area contributed by atoms with Gasteiger partial charge in [0.05, 0.1) is 32.6 Å². The summed E-state index contributed by atoms with van der Waals surface area (Å²) in [5.41, 5.74) is 7.74. The van der Waals surface area contributed by atoms with Crippen molar-refractivity contribution in [2.45, 2.75) is 13.1 Å². The molecular weight excluding hydrogens is 520 g/mol. The van der Waals surface area contributed by atoms with E-state index in [1.807, 2.05) is 70.3 Å². The smallest absolute Gasteiger partial charge is 0.120 e. The van der Waals surface area contributed by atoms with Gasteiger partial charge in [-0.3, -0.25) is 0 Å². The van der Waals surface area contributed by atoms with Gasteiger partial charge in [0.25, 0.3) is 0 Å². The number of rotatable bonds is 8. The minimum absolute atomic E-state index is 0.627. The molecule has 0 atom stereocenters. The molecule has 0 aliphatic carbocycles. The van der Waals surface area contributed by atoms with E-state index in [0.29, 0.717) is 18.8 Å². The summed E-state index contributed by atoms with van der Waals surface area (Å²) in [4.78, 5) is 0. The topological polar surface area (TPSA) is 70.7 Å². The van der Waals surface area contributed by atoms with Crippen LogP contribution in [0.25, 0.3) is 44.4 Å². The number of nitrogens with zero attached hydrogens (tertiary/aromatic N) is 6. The van der Waals surface area contributed by atoms with Crippen LogP contribution in [0.3, 0.4) is 0 Å². The minimum atomic E-state index is 0.627. The third kappa shape index (κ3) is 5.04. The molecule has 0 saturated carbocycles. The molecule has 7 nitrogen and oxygen atoms in total. The van der Waals surface area contributed by atoms with E-state index in [2.05, 4.69) is 87.4 Å². The number of hydrogen-bond acceptors (Lipinski definition) is 5. The largest absolute Gasteiger partial charge is 0.497 e. The van der Waals surface area contributed by atoms with Gasteiger partial charge in [-0.1, -0.05) is 114 Å². The molecule has 0 radical (unpaired) electrons. The van der Waals surface area contributed by atoms with E-state index in [-0.39, 0.29) is 0 Å². The number of hydrogen-bond donors (Lipinski definition) is 0. The number of aromatic nitrogens is 6. The molecule has 7 heteroatoms. The van der Waals surface area contributed by atoms with Gasteiger partial charge in [0.2, 0.25) is 0 Å². The molecule has 0 spiro atoms. The Balaban J connectivity index is 1.41. The molecule has 0 N–H and O–H groups in total. The van der Waals surface area contributed by atoms with E-state index in [9.17, 15) is 0 Å². The van der Waals surface area contributed by atoms with Crippen LogP contribution >= 0.6 is 0 Å². The van der Waals surface area contributed by atoms with Gasteiger partial charge in [0, 0.05) is 16.7 Å². The van der Waals surface area contributed by atoms with Crippen molar-refractivity contribution in [3.05, 3.63) is 139 Å². The minimum Gasteiger partial charge on any atom is -0.497 e. The van der Waals surface area contributed by atoms with Crippen LogP contribution in [0.1, 0.15) is 11.1 Å². The van der Waals surface area contributed by atoms with Crippen molar-refractivity contribution >= 4 is 10.8 Å². The van der Waals surface area contributed by atoms with Gasteiger partial charge in [-0.05, 0) is 39.6 Å². The molecule has 0 aliphatic rings. The first-order valence-corrected chi connectivity index (χ1v) is 13.8. The predicted molar refractivity (Wildman–Crippen MR) is 165 cm³/mol. The highest BCUT2D eigenvalue weighted by atomic mass is 16.5. The number of benzene rings is 5. The van der Waals surface area contributed by atoms with Crippen molar-refractivity contribution in [2.75, 3.05) is 7.11 Å². The molecule has 0 bridgehead atoms. The van der Waals surface area contributed by atoms with E-state index >= 15 is 0 Å². The van der Waals surface area contributed by atoms with Crippen molar-refractivity contribution in [3.8, 4) is 39.4 Å². The maximum atomic E-state index is 5.81. The molecule has 0 amide bonds. The zero-order chi connectivity index (χ0) is 28.3. The first-order chi connectivity index (χ1) is 20.7. The third-order valence-electron chi connectivity index (χ3n) is 7.41. The SMILES string of the molecule is COc1cc(-c2cn(Cc3ccccc3)nn2)c(-c2cccc3ccccc23)c(-c2cn(Cc3ccccc3)nn2)c1. The van der Waals surface area contributed by atoms with E-state index < -0.39 is 0 Å². The summed E-state index contributed by atoms with van der Waals surface area (Å²) in [5.74, 6) is 0.708. The summed E-state index contributed by atoms with van der Waals surface area (Å²) in [6.45, 7) is 1.25. The second-order valence-corrected chi connectivity index (χ2v) is 10.2. The molecule has 0 unspecified atom stereocenters. The Labute approximate surface area is 243 Å². The predicted octanol–water partition coefficient (Wildman–Crippen LogP) is 7.13. The number of fused-ring (bicyclic) bond motifs is 1. The van der Waals surface area contributed by atoms with Gasteiger partial charge < -0.3 is 4.74 Å². The molecule has 7 aromatic rings. The summed E-state index contributed by atoms with van der Waals surface area (Å²) in [6.07, 6.45) is 3.98. The van der Waals surface area contributed by atoms with Gasteiger partial charge in [0.1, 0.15) is 17.1 Å². The van der Waals surface area contributed by atoms with Crippen LogP contribution in [0.4, 0.5) is 0 Å². The average molecular weight is 549 g/mol. The van der Waals surface area contributed by atoms with Gasteiger partial charge in [-0.15, -0.1) is 10.2 Å². The summed E-state index contributed by atoms with van der Waals surface area (Å²) < 4.78 is 9.55. The molecule has 2 heterocycles. The summed E-state index contributed by atoms with van der Waals surface area (Å²) in [7, 11) is 1.68. The molecule has 204 valence electrons. The third-order valence-corrected chi connectivity index (χ3v) is 7.41. The van der Waals surface area contributed by atoms with Crippen LogP contribution < -0.4 is 4.74 Å². The number of ether oxygens (including phenoxy) is 1. The maximum Gasteiger partial charge on any atom is 0.120 e. The van der Waals surface area contributed by atoms with Gasteiger partial charge in [-0.25, -0.2) is 9.36 Å². The Morgan fingerprint density at radius 1 is 0.571 bits per heavy atom. The monoisotopic (exact) mass is 548 g/mol. The number of methoxy groups -OCH3 is 1. The molecular formula is C35H28N6O. The standard InChI is InChI=1S/C35H28N6O/c1-42-28-19-31(33-23-40(38-36-33)21-25-11-4-2-5-12-25)35(30-18-10-16-27-15-8-9-17-29(27)30)32(20-28)34-24-41(39-37-34)22-26-13-6-3-7-14-26/h2-20,23-24H,21-22H2,1H3. The fraction of sp³-hybridized carbons (Fsp3) is 0.0857. The van der Waals surface area contributed by atoms with Crippen LogP contribution in [-0.4, -0.2) is 37.1 Å². The lowest BCUT2D eigenvalue weighted by molar-refractivity contribution is 0.415. The molecule has 7 rings (SSSR count). The van der Waals surface area contributed by atoms with Crippen LogP contribution in [0.2, 0.25) is 0 Å². The second kappa shape index (κ2) is 11.1. The van der Waals surface area contributed by atoms with Crippen molar-refractivity contribution in [1.82, 2.24) is 30.0 Å². The van der Waals surface area contributed by atoms with E-state index in [0.717, 1.165) is 55.5 Å². The molecule has 42 heavy (non-hydrogen) atoms. The van der Waals surface area contributed by atoms with E-state index in [1.54, 1.807) is 7.11 Å². The van der Waals surface area contributed by atoms with Crippen LogP contribution in [0.5, 0.6) is 5.75 Å². The lowest BCUT2D eigenvalue weighted by Crippen LogP contribution is -1.99. The highest BCUT2D eigenvalue weighted by molar-refractivity contribution is 6.05. The Hall–Kier alpha value is -5.56. The fourth-order valence-corrected chi connectivity index (χ4v) is 5.41. The average Bonchev–Trinajstić information content (AvgIpc) is 3.71. The van der Waals surface area contributed by atoms with Gasteiger partial charge in [-0.2, -0.15) is 0 Å². The van der Waals surface area contributed by atoms with Crippen LogP contribution in [-0.2, 0) is 13.1 Å². The summed E-state index contributed by atoms with van der Waals surface area (Å²) in [6, 6.07) is 39.4. The van der Waals surface area contributed by atoms with Crippen molar-refractivity contribution < 1.29 is 4.74 Å². The molecule has 5 aromatic carbocycles. The van der Waals surface area contributed by atoms with E-state index in [4.69, 9.17) is 4.74 Å². The normalized spacial score (nSPS) is 11.2. The molecule has 2 aromatic heterocycles. The zero-order valence-electron chi connectivity index (χ0n) is 23.1. The Bertz CT molecular complexity index is 1870. The Morgan fingerprint density at radius 2 is 1.10 bits per heavy atom. The second-order valence-electron chi connectivity index (χ2n) is 10.2. The van der Waals surface area contributed by atoms with Crippen LogP contribution in [0.15, 0.2) is 128 Å². The van der Waals surface area contributed by atoms with E-state index in [1.165, 1.54) is 0 Å². The maximum absolute atomic E-state index is 5.81. The Morgan fingerprint density at radius 3 is 1.67 bits per heavy atom. The highest BCUT2D eigenvalue weighted by Crippen LogP contribution is 2.44. The van der Waals surface area contributed by atoms with Crippen LogP contribution in [0, 0.1) is 0 Å². The Kier molecular flexibility index (Phi) is 6.74. The highest BCUT2D eigenvalue weighted by Gasteiger charge is 2.22. The lowest BCUT2D eigenvalue weighted by atomic mass is 9.88. The molecule has 0 aliphatic heterocycles. The lowest BCUT2D eigenvalue weighted by Gasteiger charge is -2.17. The fourth-order valence-electron chi connectivity index (χ4n) is 5.41. The molecule has 0 fully saturated rings. The molecule has 0 saturated heterocycles.